The molecule has 0 atom stereocenters. The molecule has 0 bridgehead atoms. The van der Waals surface area contributed by atoms with E-state index in [-0.39, 0.29) is 17.3 Å². The van der Waals surface area contributed by atoms with E-state index < -0.39 is 0 Å². The molecule has 31 heavy (non-hydrogen) atoms. The molecular weight excluding hydrogens is 408 g/mol. The standard InChI is InChI=1S/C24H26N4O2S/c1-16-11-17(2)13-19(12-16)26-22(29)15-31-23-20-8-3-4-9-21(20)28(24(30)27-23)14-18-7-5-6-10-25-18/h5-7,10-13H,3-4,8-9,14-15H2,1-2H3,(H,26,29). The van der Waals surface area contributed by atoms with Gasteiger partial charge in [0.25, 0.3) is 0 Å². The number of amides is 1. The lowest BCUT2D eigenvalue weighted by Gasteiger charge is -2.22. The van der Waals surface area contributed by atoms with Crippen LogP contribution in [-0.4, -0.2) is 26.2 Å². The molecule has 160 valence electrons. The minimum absolute atomic E-state index is 0.0981. The molecule has 0 aliphatic heterocycles. The number of pyridine rings is 1. The predicted molar refractivity (Wildman–Crippen MR) is 124 cm³/mol. The second kappa shape index (κ2) is 9.47. The Morgan fingerprint density at radius 2 is 1.90 bits per heavy atom. The topological polar surface area (TPSA) is 76.9 Å². The maximum Gasteiger partial charge on any atom is 0.349 e. The summed E-state index contributed by atoms with van der Waals surface area (Å²) in [5, 5.41) is 3.64. The number of benzene rings is 1. The zero-order valence-corrected chi connectivity index (χ0v) is 18.7. The Hall–Kier alpha value is -2.93. The van der Waals surface area contributed by atoms with Crippen molar-refractivity contribution in [3.05, 3.63) is 81.2 Å². The molecule has 1 aliphatic rings. The van der Waals surface area contributed by atoms with Gasteiger partial charge in [-0.1, -0.05) is 23.9 Å². The predicted octanol–water partition coefficient (Wildman–Crippen LogP) is 3.91. The summed E-state index contributed by atoms with van der Waals surface area (Å²) in [7, 11) is 0. The van der Waals surface area contributed by atoms with Crippen LogP contribution < -0.4 is 11.0 Å². The highest BCUT2D eigenvalue weighted by atomic mass is 32.2. The van der Waals surface area contributed by atoms with Gasteiger partial charge in [0.1, 0.15) is 5.03 Å². The number of aryl methyl sites for hydroxylation is 2. The molecule has 2 heterocycles. The number of anilines is 1. The van der Waals surface area contributed by atoms with E-state index in [1.54, 1.807) is 10.8 Å². The van der Waals surface area contributed by atoms with Crippen LogP contribution in [0.5, 0.6) is 0 Å². The fourth-order valence-electron chi connectivity index (χ4n) is 4.06. The first-order chi connectivity index (χ1) is 15.0. The van der Waals surface area contributed by atoms with E-state index in [1.807, 2.05) is 44.2 Å². The minimum atomic E-state index is -0.275. The number of aromatic nitrogens is 3. The SMILES string of the molecule is Cc1cc(C)cc(NC(=O)CSc2nc(=O)n(Cc3ccccn3)c3c2CCCC3)c1. The third kappa shape index (κ3) is 5.22. The van der Waals surface area contributed by atoms with E-state index in [2.05, 4.69) is 21.4 Å². The molecule has 4 rings (SSSR count). The number of rotatable bonds is 6. The van der Waals surface area contributed by atoms with E-state index in [9.17, 15) is 9.59 Å². The van der Waals surface area contributed by atoms with E-state index in [1.165, 1.54) is 11.8 Å². The van der Waals surface area contributed by atoms with Gasteiger partial charge < -0.3 is 5.32 Å². The number of carbonyl (C=O) groups excluding carboxylic acids is 1. The van der Waals surface area contributed by atoms with Crippen LogP contribution in [0.4, 0.5) is 5.69 Å². The Morgan fingerprint density at radius 3 is 2.65 bits per heavy atom. The fraction of sp³-hybridized carbons (Fsp3) is 0.333. The second-order valence-electron chi connectivity index (χ2n) is 7.95. The molecule has 1 N–H and O–H groups in total. The van der Waals surface area contributed by atoms with Crippen LogP contribution in [-0.2, 0) is 24.2 Å². The van der Waals surface area contributed by atoms with Gasteiger partial charge in [-0.05, 0) is 74.9 Å². The number of nitrogens with one attached hydrogen (secondary N) is 1. The van der Waals surface area contributed by atoms with Crippen LogP contribution >= 0.6 is 11.8 Å². The third-order valence-corrected chi connectivity index (χ3v) is 6.36. The summed E-state index contributed by atoms with van der Waals surface area (Å²) in [6.07, 6.45) is 5.59. The van der Waals surface area contributed by atoms with Crippen molar-refractivity contribution in [2.75, 3.05) is 11.1 Å². The van der Waals surface area contributed by atoms with Crippen molar-refractivity contribution in [2.24, 2.45) is 0 Å². The smallest absolute Gasteiger partial charge is 0.325 e. The molecule has 7 heteroatoms. The fourth-order valence-corrected chi connectivity index (χ4v) is 4.94. The molecule has 1 amide bonds. The summed E-state index contributed by atoms with van der Waals surface area (Å²) in [4.78, 5) is 34.1. The summed E-state index contributed by atoms with van der Waals surface area (Å²) < 4.78 is 1.75. The molecule has 0 radical (unpaired) electrons. The maximum absolute atomic E-state index is 12.8. The highest BCUT2D eigenvalue weighted by Gasteiger charge is 2.21. The first kappa shape index (κ1) is 21.3. The number of hydrogen-bond donors (Lipinski definition) is 1. The van der Waals surface area contributed by atoms with Crippen molar-refractivity contribution in [3.8, 4) is 0 Å². The zero-order chi connectivity index (χ0) is 21.8. The maximum atomic E-state index is 12.8. The van der Waals surface area contributed by atoms with Crippen molar-refractivity contribution in [3.63, 3.8) is 0 Å². The van der Waals surface area contributed by atoms with Gasteiger partial charge in [-0.3, -0.25) is 14.3 Å². The molecule has 6 nitrogen and oxygen atoms in total. The van der Waals surface area contributed by atoms with E-state index in [0.717, 1.165) is 59.4 Å². The van der Waals surface area contributed by atoms with Gasteiger partial charge >= 0.3 is 5.69 Å². The lowest BCUT2D eigenvalue weighted by molar-refractivity contribution is -0.113. The largest absolute Gasteiger partial charge is 0.349 e. The molecule has 2 aromatic heterocycles. The summed E-state index contributed by atoms with van der Waals surface area (Å²) in [6, 6.07) is 11.7. The van der Waals surface area contributed by atoms with E-state index >= 15 is 0 Å². The second-order valence-corrected chi connectivity index (χ2v) is 8.92. The monoisotopic (exact) mass is 434 g/mol. The quantitative estimate of drug-likeness (QED) is 0.470. The van der Waals surface area contributed by atoms with Gasteiger partial charge in [-0.15, -0.1) is 0 Å². The number of hydrogen-bond acceptors (Lipinski definition) is 5. The Kier molecular flexibility index (Phi) is 6.51. The number of thioether (sulfide) groups is 1. The van der Waals surface area contributed by atoms with Gasteiger partial charge in [0, 0.05) is 23.1 Å². The number of carbonyl (C=O) groups is 1. The Labute approximate surface area is 186 Å². The molecule has 0 fully saturated rings. The molecule has 3 aromatic rings. The van der Waals surface area contributed by atoms with Crippen LogP contribution in [0, 0.1) is 13.8 Å². The Morgan fingerprint density at radius 1 is 1.13 bits per heavy atom. The number of nitrogens with zero attached hydrogens (tertiary/aromatic N) is 3. The van der Waals surface area contributed by atoms with Crippen LogP contribution in [0.1, 0.15) is 40.9 Å². The van der Waals surface area contributed by atoms with Crippen LogP contribution in [0.25, 0.3) is 0 Å². The molecule has 0 saturated heterocycles. The number of fused-ring (bicyclic) bond motifs is 1. The average Bonchev–Trinajstić information content (AvgIpc) is 2.74. The molecular formula is C24H26N4O2S. The van der Waals surface area contributed by atoms with Crippen molar-refractivity contribution in [1.82, 2.24) is 14.5 Å². The summed E-state index contributed by atoms with van der Waals surface area (Å²) >= 11 is 1.35. The molecule has 0 spiro atoms. The van der Waals surface area contributed by atoms with Crippen LogP contribution in [0.15, 0.2) is 52.4 Å². The molecule has 0 unspecified atom stereocenters. The molecule has 1 aliphatic carbocycles. The van der Waals surface area contributed by atoms with Gasteiger partial charge in [-0.25, -0.2) is 4.79 Å². The van der Waals surface area contributed by atoms with Crippen LogP contribution in [0.2, 0.25) is 0 Å². The first-order valence-corrected chi connectivity index (χ1v) is 11.5. The van der Waals surface area contributed by atoms with Crippen molar-refractivity contribution < 1.29 is 4.79 Å². The highest BCUT2D eigenvalue weighted by Crippen LogP contribution is 2.29. The molecule has 1 aromatic carbocycles. The summed E-state index contributed by atoms with van der Waals surface area (Å²) in [5.74, 6) is 0.120. The van der Waals surface area contributed by atoms with Gasteiger partial charge in [0.2, 0.25) is 5.91 Å². The Bertz CT molecular complexity index is 1140. The average molecular weight is 435 g/mol. The van der Waals surface area contributed by atoms with Crippen molar-refractivity contribution in [2.45, 2.75) is 51.1 Å². The normalized spacial score (nSPS) is 13.0. The first-order valence-electron chi connectivity index (χ1n) is 10.5. The lowest BCUT2D eigenvalue weighted by atomic mass is 9.97. The Balaban J connectivity index is 1.52. The highest BCUT2D eigenvalue weighted by molar-refractivity contribution is 8.00. The van der Waals surface area contributed by atoms with E-state index in [4.69, 9.17) is 0 Å². The lowest BCUT2D eigenvalue weighted by Crippen LogP contribution is -2.31. The van der Waals surface area contributed by atoms with Crippen LogP contribution in [0.3, 0.4) is 0 Å². The summed E-state index contributed by atoms with van der Waals surface area (Å²) in [5.41, 5.74) is 5.71. The van der Waals surface area contributed by atoms with Gasteiger partial charge in [-0.2, -0.15) is 4.98 Å². The molecule has 0 saturated carbocycles. The third-order valence-electron chi connectivity index (χ3n) is 5.34. The van der Waals surface area contributed by atoms with Gasteiger partial charge in [0.15, 0.2) is 0 Å². The van der Waals surface area contributed by atoms with E-state index in [0.29, 0.717) is 11.6 Å². The van der Waals surface area contributed by atoms with Crippen molar-refractivity contribution in [1.29, 1.82) is 0 Å². The summed E-state index contributed by atoms with van der Waals surface area (Å²) in [6.45, 7) is 4.44. The van der Waals surface area contributed by atoms with Crippen molar-refractivity contribution >= 4 is 23.4 Å². The zero-order valence-electron chi connectivity index (χ0n) is 17.9. The minimum Gasteiger partial charge on any atom is -0.325 e. The van der Waals surface area contributed by atoms with Gasteiger partial charge in [0.05, 0.1) is 18.0 Å².